The summed E-state index contributed by atoms with van der Waals surface area (Å²) in [6.45, 7) is 6.52. The van der Waals surface area contributed by atoms with Gasteiger partial charge in [0.1, 0.15) is 0 Å². The van der Waals surface area contributed by atoms with Gasteiger partial charge in [-0.25, -0.2) is 4.99 Å². The highest BCUT2D eigenvalue weighted by Gasteiger charge is 2.33. The van der Waals surface area contributed by atoms with Gasteiger partial charge in [0.2, 0.25) is 0 Å². The van der Waals surface area contributed by atoms with E-state index in [0.29, 0.717) is 11.6 Å². The van der Waals surface area contributed by atoms with Crippen LogP contribution in [0.5, 0.6) is 0 Å². The molecule has 1 fully saturated rings. The molecule has 0 N–H and O–H groups in total. The van der Waals surface area contributed by atoms with E-state index in [1.54, 1.807) is 4.90 Å². The Hall–Kier alpha value is -2.63. The molecule has 1 saturated heterocycles. The normalized spacial score (nSPS) is 17.5. The van der Waals surface area contributed by atoms with Crippen LogP contribution in [0.25, 0.3) is 6.08 Å². The molecule has 0 unspecified atom stereocenters. The van der Waals surface area contributed by atoms with Gasteiger partial charge in [-0.1, -0.05) is 74.5 Å². The topological polar surface area (TPSA) is 35.9 Å². The Morgan fingerprint density at radius 1 is 1.00 bits per heavy atom. The van der Waals surface area contributed by atoms with Crippen molar-refractivity contribution in [3.05, 3.63) is 83.3 Å². The van der Waals surface area contributed by atoms with Gasteiger partial charge in [-0.3, -0.25) is 14.6 Å². The van der Waals surface area contributed by atoms with E-state index in [1.807, 2.05) is 78.9 Å². The number of carbonyl (C=O) groups excluding carboxylic acids is 1. The lowest BCUT2D eigenvalue weighted by molar-refractivity contribution is -0.123. The third-order valence-electron chi connectivity index (χ3n) is 4.44. The van der Waals surface area contributed by atoms with Crippen molar-refractivity contribution in [2.24, 2.45) is 4.99 Å². The van der Waals surface area contributed by atoms with Crippen molar-refractivity contribution < 1.29 is 4.79 Å². The number of hydrogen-bond donors (Lipinski definition) is 0. The standard InChI is InChI=1S/C23H25N3OS/c1-3-25(4-2)18-26-22(27)21(17-11-14-19-12-7-5-8-13-19)28-23(26)24-20-15-9-6-10-16-20/h5-17H,3-4,18H2,1-2H3. The molecule has 5 heteroatoms. The van der Waals surface area contributed by atoms with Crippen molar-refractivity contribution in [2.45, 2.75) is 13.8 Å². The van der Waals surface area contributed by atoms with Gasteiger partial charge in [0, 0.05) is 0 Å². The van der Waals surface area contributed by atoms with Crippen LogP contribution in [0.15, 0.2) is 82.7 Å². The van der Waals surface area contributed by atoms with Gasteiger partial charge in [0.05, 0.1) is 17.3 Å². The third kappa shape index (κ3) is 5.21. The lowest BCUT2D eigenvalue weighted by Gasteiger charge is -2.24. The molecule has 0 atom stereocenters. The number of amidine groups is 1. The maximum Gasteiger partial charge on any atom is 0.267 e. The summed E-state index contributed by atoms with van der Waals surface area (Å²) in [6.07, 6.45) is 5.81. The summed E-state index contributed by atoms with van der Waals surface area (Å²) in [5.74, 6) is 0.00397. The minimum absolute atomic E-state index is 0.00397. The molecular weight excluding hydrogens is 366 g/mol. The Balaban J connectivity index is 1.85. The van der Waals surface area contributed by atoms with Gasteiger partial charge < -0.3 is 0 Å². The van der Waals surface area contributed by atoms with E-state index in [-0.39, 0.29) is 5.91 Å². The number of para-hydroxylation sites is 1. The van der Waals surface area contributed by atoms with Gasteiger partial charge in [0.25, 0.3) is 5.91 Å². The summed E-state index contributed by atoms with van der Waals surface area (Å²) in [6, 6.07) is 19.8. The van der Waals surface area contributed by atoms with Crippen LogP contribution in [0, 0.1) is 0 Å². The van der Waals surface area contributed by atoms with Gasteiger partial charge in [-0.2, -0.15) is 0 Å². The Morgan fingerprint density at radius 2 is 1.64 bits per heavy atom. The van der Waals surface area contributed by atoms with Crippen molar-refractivity contribution in [1.82, 2.24) is 9.80 Å². The van der Waals surface area contributed by atoms with Crippen LogP contribution in [0.3, 0.4) is 0 Å². The molecule has 2 aromatic rings. The molecule has 0 aromatic heterocycles. The lowest BCUT2D eigenvalue weighted by atomic mass is 10.2. The number of nitrogens with zero attached hydrogens (tertiary/aromatic N) is 3. The van der Waals surface area contributed by atoms with Crippen LogP contribution < -0.4 is 0 Å². The second kappa shape index (κ2) is 10.1. The zero-order valence-corrected chi connectivity index (χ0v) is 17.1. The zero-order valence-electron chi connectivity index (χ0n) is 16.3. The van der Waals surface area contributed by atoms with E-state index in [4.69, 9.17) is 4.99 Å². The third-order valence-corrected chi connectivity index (χ3v) is 5.47. The molecule has 1 heterocycles. The molecule has 144 valence electrons. The Morgan fingerprint density at radius 3 is 2.29 bits per heavy atom. The first kappa shape index (κ1) is 20.1. The first-order valence-corrected chi connectivity index (χ1v) is 10.3. The SMILES string of the molecule is CCN(CC)CN1C(=O)C(=CC=Cc2ccccc2)SC1=Nc1ccccc1. The van der Waals surface area contributed by atoms with Crippen molar-refractivity contribution in [2.75, 3.05) is 19.8 Å². The molecular formula is C23H25N3OS. The van der Waals surface area contributed by atoms with E-state index >= 15 is 0 Å². The average Bonchev–Trinajstić information content (AvgIpc) is 3.02. The largest absolute Gasteiger partial charge is 0.286 e. The Bertz CT molecular complexity index is 871. The van der Waals surface area contributed by atoms with Crippen LogP contribution in [0.4, 0.5) is 5.69 Å². The van der Waals surface area contributed by atoms with Crippen LogP contribution in [-0.4, -0.2) is 40.6 Å². The molecule has 0 radical (unpaired) electrons. The fourth-order valence-corrected chi connectivity index (χ4v) is 3.72. The van der Waals surface area contributed by atoms with Crippen LogP contribution in [0.2, 0.25) is 0 Å². The summed E-state index contributed by atoms with van der Waals surface area (Å²) < 4.78 is 0. The smallest absolute Gasteiger partial charge is 0.267 e. The highest BCUT2D eigenvalue weighted by atomic mass is 32.2. The number of rotatable bonds is 7. The lowest BCUT2D eigenvalue weighted by Crippen LogP contribution is -2.40. The molecule has 2 aromatic carbocycles. The van der Waals surface area contributed by atoms with Gasteiger partial charge in [-0.05, 0) is 48.6 Å². The average molecular weight is 392 g/mol. The first-order valence-electron chi connectivity index (χ1n) is 9.50. The first-order chi connectivity index (χ1) is 13.7. The van der Waals surface area contributed by atoms with E-state index in [0.717, 1.165) is 29.5 Å². The van der Waals surface area contributed by atoms with E-state index in [9.17, 15) is 4.79 Å². The van der Waals surface area contributed by atoms with Crippen molar-refractivity contribution in [1.29, 1.82) is 0 Å². The maximum absolute atomic E-state index is 13.0. The second-order valence-corrected chi connectivity index (χ2v) is 7.32. The summed E-state index contributed by atoms with van der Waals surface area (Å²) >= 11 is 1.43. The summed E-state index contributed by atoms with van der Waals surface area (Å²) in [7, 11) is 0. The molecule has 1 aliphatic rings. The van der Waals surface area contributed by atoms with Crippen molar-refractivity contribution in [3.63, 3.8) is 0 Å². The second-order valence-electron chi connectivity index (χ2n) is 6.31. The van der Waals surface area contributed by atoms with E-state index in [1.165, 1.54) is 11.8 Å². The monoisotopic (exact) mass is 391 g/mol. The number of carbonyl (C=O) groups is 1. The van der Waals surface area contributed by atoms with Crippen LogP contribution in [-0.2, 0) is 4.79 Å². The van der Waals surface area contributed by atoms with E-state index in [2.05, 4.69) is 18.7 Å². The fraction of sp³-hybridized carbons (Fsp3) is 0.217. The quantitative estimate of drug-likeness (QED) is 0.613. The molecule has 0 saturated carbocycles. The summed E-state index contributed by atoms with van der Waals surface area (Å²) in [5.41, 5.74) is 1.95. The predicted octanol–water partition coefficient (Wildman–Crippen LogP) is 5.15. The highest BCUT2D eigenvalue weighted by molar-refractivity contribution is 8.18. The summed E-state index contributed by atoms with van der Waals surface area (Å²) in [5, 5.41) is 0.725. The number of benzene rings is 2. The number of thioether (sulfide) groups is 1. The molecule has 4 nitrogen and oxygen atoms in total. The number of allylic oxidation sites excluding steroid dienone is 2. The van der Waals surface area contributed by atoms with Crippen molar-refractivity contribution in [3.8, 4) is 0 Å². The minimum atomic E-state index is 0.00397. The fourth-order valence-electron chi connectivity index (χ4n) is 2.78. The Kier molecular flexibility index (Phi) is 7.23. The van der Waals surface area contributed by atoms with Gasteiger partial charge in [0.15, 0.2) is 5.17 Å². The highest BCUT2D eigenvalue weighted by Crippen LogP contribution is 2.33. The number of amides is 1. The molecule has 28 heavy (non-hydrogen) atoms. The number of aliphatic imine (C=N–C) groups is 1. The molecule has 1 aliphatic heterocycles. The van der Waals surface area contributed by atoms with Crippen molar-refractivity contribution >= 4 is 34.6 Å². The van der Waals surface area contributed by atoms with Crippen LogP contribution in [0.1, 0.15) is 19.4 Å². The van der Waals surface area contributed by atoms with E-state index < -0.39 is 0 Å². The molecule has 1 amide bonds. The molecule has 0 spiro atoms. The molecule has 3 rings (SSSR count). The van der Waals surface area contributed by atoms with Gasteiger partial charge in [-0.15, -0.1) is 0 Å². The number of hydrogen-bond acceptors (Lipinski definition) is 4. The molecule has 0 bridgehead atoms. The summed E-state index contributed by atoms with van der Waals surface area (Å²) in [4.78, 5) is 22.4. The Labute approximate surface area is 171 Å². The predicted molar refractivity (Wildman–Crippen MR) is 119 cm³/mol. The van der Waals surface area contributed by atoms with Crippen LogP contribution >= 0.6 is 11.8 Å². The van der Waals surface area contributed by atoms with Gasteiger partial charge >= 0.3 is 0 Å². The molecule has 0 aliphatic carbocycles. The minimum Gasteiger partial charge on any atom is -0.286 e. The maximum atomic E-state index is 13.0. The zero-order chi connectivity index (χ0) is 19.8.